The summed E-state index contributed by atoms with van der Waals surface area (Å²) >= 11 is 0. The zero-order valence-corrected chi connectivity index (χ0v) is 10.3. The van der Waals surface area contributed by atoms with Crippen LogP contribution < -0.4 is 5.73 Å². The summed E-state index contributed by atoms with van der Waals surface area (Å²) in [6, 6.07) is 10.1. The molecule has 0 fully saturated rings. The SMILES string of the molecule is CC(C)(N)CCc1nncn1-c1ccccc1. The van der Waals surface area contributed by atoms with Crippen LogP contribution in [-0.2, 0) is 6.42 Å². The Labute approximate surface area is 101 Å². The number of nitrogens with two attached hydrogens (primary N) is 1. The van der Waals surface area contributed by atoms with Gasteiger partial charge in [-0.05, 0) is 32.4 Å². The van der Waals surface area contributed by atoms with E-state index >= 15 is 0 Å². The maximum atomic E-state index is 5.98. The molecule has 0 saturated carbocycles. The van der Waals surface area contributed by atoms with E-state index in [0.717, 1.165) is 24.4 Å². The Morgan fingerprint density at radius 2 is 1.94 bits per heavy atom. The molecule has 1 heterocycles. The highest BCUT2D eigenvalue weighted by Gasteiger charge is 2.13. The van der Waals surface area contributed by atoms with E-state index in [-0.39, 0.29) is 5.54 Å². The van der Waals surface area contributed by atoms with Gasteiger partial charge in [0.1, 0.15) is 12.2 Å². The van der Waals surface area contributed by atoms with Gasteiger partial charge in [0.05, 0.1) is 0 Å². The number of aryl methyl sites for hydroxylation is 1. The molecule has 0 saturated heterocycles. The molecule has 0 aliphatic rings. The first-order valence-corrected chi connectivity index (χ1v) is 5.79. The Balaban J connectivity index is 2.18. The van der Waals surface area contributed by atoms with Crippen molar-refractivity contribution in [2.45, 2.75) is 32.2 Å². The van der Waals surface area contributed by atoms with E-state index in [4.69, 9.17) is 5.73 Å². The monoisotopic (exact) mass is 230 g/mol. The number of hydrogen-bond donors (Lipinski definition) is 1. The Morgan fingerprint density at radius 1 is 1.24 bits per heavy atom. The Bertz CT molecular complexity index is 468. The van der Waals surface area contributed by atoms with Crippen LogP contribution in [0, 0.1) is 0 Å². The van der Waals surface area contributed by atoms with Crippen LogP contribution >= 0.6 is 0 Å². The van der Waals surface area contributed by atoms with Gasteiger partial charge >= 0.3 is 0 Å². The van der Waals surface area contributed by atoms with Gasteiger partial charge in [0.2, 0.25) is 0 Å². The van der Waals surface area contributed by atoms with Crippen molar-refractivity contribution < 1.29 is 0 Å². The highest BCUT2D eigenvalue weighted by molar-refractivity contribution is 5.31. The molecule has 0 radical (unpaired) electrons. The fourth-order valence-corrected chi connectivity index (χ4v) is 1.67. The standard InChI is InChI=1S/C13H18N4/c1-13(2,14)9-8-12-16-15-10-17(12)11-6-4-3-5-7-11/h3-7,10H,8-9,14H2,1-2H3. The van der Waals surface area contributed by atoms with Crippen molar-refractivity contribution in [2.24, 2.45) is 5.73 Å². The van der Waals surface area contributed by atoms with Crippen LogP contribution in [0.1, 0.15) is 26.1 Å². The number of para-hydroxylation sites is 1. The second-order valence-electron chi connectivity index (χ2n) is 4.94. The summed E-state index contributed by atoms with van der Waals surface area (Å²) in [5.74, 6) is 0.953. The van der Waals surface area contributed by atoms with Gasteiger partial charge in [-0.15, -0.1) is 10.2 Å². The summed E-state index contributed by atoms with van der Waals surface area (Å²) in [4.78, 5) is 0. The predicted molar refractivity (Wildman–Crippen MR) is 67.9 cm³/mol. The Hall–Kier alpha value is -1.68. The van der Waals surface area contributed by atoms with Gasteiger partial charge in [-0.2, -0.15) is 0 Å². The third kappa shape index (κ3) is 3.14. The van der Waals surface area contributed by atoms with E-state index in [2.05, 4.69) is 10.2 Å². The molecule has 1 aromatic heterocycles. The summed E-state index contributed by atoms with van der Waals surface area (Å²) in [6.07, 6.45) is 3.46. The van der Waals surface area contributed by atoms with Crippen molar-refractivity contribution >= 4 is 0 Å². The molecule has 2 aromatic rings. The minimum atomic E-state index is -0.173. The van der Waals surface area contributed by atoms with Gasteiger partial charge in [-0.25, -0.2) is 0 Å². The quantitative estimate of drug-likeness (QED) is 0.873. The van der Waals surface area contributed by atoms with Crippen molar-refractivity contribution in [1.29, 1.82) is 0 Å². The zero-order valence-electron chi connectivity index (χ0n) is 10.3. The summed E-state index contributed by atoms with van der Waals surface area (Å²) in [6.45, 7) is 4.05. The lowest BCUT2D eigenvalue weighted by atomic mass is 10.00. The van der Waals surface area contributed by atoms with Crippen LogP contribution in [-0.4, -0.2) is 20.3 Å². The number of aromatic nitrogens is 3. The second kappa shape index (κ2) is 4.67. The largest absolute Gasteiger partial charge is 0.326 e. The smallest absolute Gasteiger partial charge is 0.137 e. The fraction of sp³-hybridized carbons (Fsp3) is 0.385. The number of nitrogens with zero attached hydrogens (tertiary/aromatic N) is 3. The topological polar surface area (TPSA) is 56.7 Å². The third-order valence-electron chi connectivity index (χ3n) is 2.65. The molecule has 2 rings (SSSR count). The number of hydrogen-bond acceptors (Lipinski definition) is 3. The lowest BCUT2D eigenvalue weighted by molar-refractivity contribution is 0.469. The van der Waals surface area contributed by atoms with E-state index in [0.29, 0.717) is 0 Å². The Morgan fingerprint density at radius 3 is 2.59 bits per heavy atom. The van der Waals surface area contributed by atoms with Crippen molar-refractivity contribution in [2.75, 3.05) is 0 Å². The average Bonchev–Trinajstić information content (AvgIpc) is 2.75. The minimum Gasteiger partial charge on any atom is -0.326 e. The van der Waals surface area contributed by atoms with Crippen LogP contribution in [0.15, 0.2) is 36.7 Å². The molecule has 4 heteroatoms. The first kappa shape index (κ1) is 11.8. The zero-order chi connectivity index (χ0) is 12.3. The molecule has 1 aromatic carbocycles. The van der Waals surface area contributed by atoms with E-state index in [1.54, 1.807) is 6.33 Å². The first-order valence-electron chi connectivity index (χ1n) is 5.79. The average molecular weight is 230 g/mol. The molecule has 90 valence electrons. The van der Waals surface area contributed by atoms with Crippen molar-refractivity contribution in [3.05, 3.63) is 42.5 Å². The minimum absolute atomic E-state index is 0.173. The summed E-state index contributed by atoms with van der Waals surface area (Å²) in [5.41, 5.74) is 6.90. The normalized spacial score (nSPS) is 11.7. The lowest BCUT2D eigenvalue weighted by Gasteiger charge is -2.17. The number of benzene rings is 1. The molecule has 0 atom stereocenters. The van der Waals surface area contributed by atoms with E-state index in [1.165, 1.54) is 0 Å². The maximum Gasteiger partial charge on any atom is 0.137 e. The van der Waals surface area contributed by atoms with Gasteiger partial charge in [0.25, 0.3) is 0 Å². The van der Waals surface area contributed by atoms with Crippen molar-refractivity contribution in [1.82, 2.24) is 14.8 Å². The van der Waals surface area contributed by atoms with E-state index in [1.807, 2.05) is 48.7 Å². The van der Waals surface area contributed by atoms with E-state index in [9.17, 15) is 0 Å². The van der Waals surface area contributed by atoms with Crippen LogP contribution in [0.5, 0.6) is 0 Å². The highest BCUT2D eigenvalue weighted by Crippen LogP contribution is 2.13. The van der Waals surface area contributed by atoms with Gasteiger partial charge in [-0.1, -0.05) is 18.2 Å². The molecule has 0 amide bonds. The molecule has 4 nitrogen and oxygen atoms in total. The molecule has 0 aliphatic carbocycles. The summed E-state index contributed by atoms with van der Waals surface area (Å²) in [5, 5.41) is 8.12. The van der Waals surface area contributed by atoms with Gasteiger partial charge in [-0.3, -0.25) is 4.57 Å². The van der Waals surface area contributed by atoms with Gasteiger partial charge < -0.3 is 5.73 Å². The maximum absolute atomic E-state index is 5.98. The first-order chi connectivity index (χ1) is 8.06. The van der Waals surface area contributed by atoms with Crippen LogP contribution in [0.3, 0.4) is 0 Å². The molecule has 0 bridgehead atoms. The third-order valence-corrected chi connectivity index (χ3v) is 2.65. The van der Waals surface area contributed by atoms with Crippen LogP contribution in [0.4, 0.5) is 0 Å². The van der Waals surface area contributed by atoms with Crippen molar-refractivity contribution in [3.8, 4) is 5.69 Å². The molecule has 17 heavy (non-hydrogen) atoms. The molecule has 2 N–H and O–H groups in total. The molecular formula is C13H18N4. The van der Waals surface area contributed by atoms with Crippen LogP contribution in [0.2, 0.25) is 0 Å². The van der Waals surface area contributed by atoms with Crippen molar-refractivity contribution in [3.63, 3.8) is 0 Å². The molecular weight excluding hydrogens is 212 g/mol. The lowest BCUT2D eigenvalue weighted by Crippen LogP contribution is -2.32. The predicted octanol–water partition coefficient (Wildman–Crippen LogP) is 1.94. The highest BCUT2D eigenvalue weighted by atomic mass is 15.3. The number of rotatable bonds is 4. The second-order valence-corrected chi connectivity index (χ2v) is 4.94. The molecule has 0 spiro atoms. The van der Waals surface area contributed by atoms with E-state index < -0.39 is 0 Å². The fourth-order valence-electron chi connectivity index (χ4n) is 1.67. The molecule has 0 aliphatic heterocycles. The summed E-state index contributed by atoms with van der Waals surface area (Å²) < 4.78 is 2.01. The Kier molecular flexibility index (Phi) is 3.24. The molecule has 0 unspecified atom stereocenters. The summed E-state index contributed by atoms with van der Waals surface area (Å²) in [7, 11) is 0. The van der Waals surface area contributed by atoms with Gasteiger partial charge in [0, 0.05) is 17.6 Å². The van der Waals surface area contributed by atoms with Gasteiger partial charge in [0.15, 0.2) is 0 Å². The van der Waals surface area contributed by atoms with Crippen LogP contribution in [0.25, 0.3) is 5.69 Å².